The molecule has 0 spiro atoms. The smallest absolute Gasteiger partial charge is 0.256 e. The number of fused-ring (bicyclic) bond motifs is 1. The van der Waals surface area contributed by atoms with E-state index < -0.39 is 6.10 Å². The van der Waals surface area contributed by atoms with Gasteiger partial charge in [0.15, 0.2) is 5.58 Å². The minimum Gasteiger partial charge on any atom is -0.431 e. The molecule has 80 valence electrons. The highest BCUT2D eigenvalue weighted by atomic mass is 32.2. The number of aromatic nitrogens is 1. The average Bonchev–Trinajstić information content (AvgIpc) is 2.68. The van der Waals surface area contributed by atoms with Gasteiger partial charge in [-0.15, -0.1) is 0 Å². The van der Waals surface area contributed by atoms with Gasteiger partial charge in [0, 0.05) is 5.75 Å². The lowest BCUT2D eigenvalue weighted by molar-refractivity contribution is 0.113. The molecule has 1 unspecified atom stereocenters. The van der Waals surface area contributed by atoms with Crippen molar-refractivity contribution in [3.05, 3.63) is 24.3 Å². The quantitative estimate of drug-likeness (QED) is 0.767. The van der Waals surface area contributed by atoms with Gasteiger partial charge in [0.2, 0.25) is 0 Å². The summed E-state index contributed by atoms with van der Waals surface area (Å²) >= 11 is 1.29. The van der Waals surface area contributed by atoms with E-state index in [1.807, 2.05) is 24.3 Å². The Kier molecular flexibility index (Phi) is 3.25. The van der Waals surface area contributed by atoms with Gasteiger partial charge in [-0.05, 0) is 12.1 Å². The van der Waals surface area contributed by atoms with E-state index in [2.05, 4.69) is 4.98 Å². The summed E-state index contributed by atoms with van der Waals surface area (Å²) < 4.78 is 5.42. The molecule has 4 nitrogen and oxygen atoms in total. The van der Waals surface area contributed by atoms with Crippen LogP contribution in [-0.4, -0.2) is 33.7 Å². The van der Waals surface area contributed by atoms with Gasteiger partial charge >= 0.3 is 0 Å². The van der Waals surface area contributed by atoms with Crippen molar-refractivity contribution in [2.45, 2.75) is 11.3 Å². The van der Waals surface area contributed by atoms with Crippen molar-refractivity contribution in [2.24, 2.45) is 0 Å². The van der Waals surface area contributed by atoms with Crippen LogP contribution >= 0.6 is 11.8 Å². The molecule has 15 heavy (non-hydrogen) atoms. The molecule has 2 aromatic rings. The number of hydrogen-bond donors (Lipinski definition) is 2. The van der Waals surface area contributed by atoms with E-state index in [0.717, 1.165) is 11.1 Å². The minimum absolute atomic E-state index is 0.243. The number of nitrogens with zero attached hydrogens (tertiary/aromatic N) is 1. The first-order valence-electron chi connectivity index (χ1n) is 4.57. The van der Waals surface area contributed by atoms with E-state index in [0.29, 0.717) is 11.0 Å². The third-order valence-electron chi connectivity index (χ3n) is 1.88. The second-order valence-electron chi connectivity index (χ2n) is 3.09. The third kappa shape index (κ3) is 2.50. The number of rotatable bonds is 4. The normalized spacial score (nSPS) is 13.2. The summed E-state index contributed by atoms with van der Waals surface area (Å²) in [6, 6.07) is 7.48. The molecule has 1 atom stereocenters. The maximum absolute atomic E-state index is 9.15. The van der Waals surface area contributed by atoms with Gasteiger partial charge in [-0.1, -0.05) is 23.9 Å². The molecule has 0 aliphatic heterocycles. The molecule has 1 aromatic heterocycles. The highest BCUT2D eigenvalue weighted by Crippen LogP contribution is 2.23. The summed E-state index contributed by atoms with van der Waals surface area (Å²) in [6.07, 6.45) is -0.731. The van der Waals surface area contributed by atoms with Gasteiger partial charge in [-0.2, -0.15) is 0 Å². The molecule has 0 bridgehead atoms. The van der Waals surface area contributed by atoms with Gasteiger partial charge in [0.25, 0.3) is 5.22 Å². The van der Waals surface area contributed by atoms with E-state index in [4.69, 9.17) is 14.6 Å². The summed E-state index contributed by atoms with van der Waals surface area (Å²) in [7, 11) is 0. The Hall–Kier alpha value is -1.04. The monoisotopic (exact) mass is 225 g/mol. The van der Waals surface area contributed by atoms with Crippen LogP contribution in [0.25, 0.3) is 11.1 Å². The number of hydrogen-bond acceptors (Lipinski definition) is 5. The zero-order valence-corrected chi connectivity index (χ0v) is 8.78. The minimum atomic E-state index is -0.731. The lowest BCUT2D eigenvalue weighted by Gasteiger charge is -2.02. The predicted molar refractivity (Wildman–Crippen MR) is 57.8 cm³/mol. The first kappa shape index (κ1) is 10.5. The SMILES string of the molecule is OCC(O)CSc1nc2ccccc2o1. The fourth-order valence-electron chi connectivity index (χ4n) is 1.13. The molecule has 2 rings (SSSR count). The summed E-state index contributed by atoms with van der Waals surface area (Å²) in [5, 5.41) is 18.3. The summed E-state index contributed by atoms with van der Waals surface area (Å²) in [4.78, 5) is 4.22. The molecule has 2 N–H and O–H groups in total. The van der Waals surface area contributed by atoms with E-state index in [9.17, 15) is 0 Å². The van der Waals surface area contributed by atoms with Crippen LogP contribution in [0.4, 0.5) is 0 Å². The Morgan fingerprint density at radius 3 is 2.93 bits per heavy atom. The van der Waals surface area contributed by atoms with Crippen LogP contribution < -0.4 is 0 Å². The molecule has 1 heterocycles. The fourth-order valence-corrected chi connectivity index (χ4v) is 1.88. The second kappa shape index (κ2) is 4.65. The number of oxazole rings is 1. The topological polar surface area (TPSA) is 66.5 Å². The summed E-state index contributed by atoms with van der Waals surface area (Å²) in [5.41, 5.74) is 1.54. The highest BCUT2D eigenvalue weighted by Gasteiger charge is 2.08. The van der Waals surface area contributed by atoms with Gasteiger partial charge in [-0.25, -0.2) is 4.98 Å². The van der Waals surface area contributed by atoms with Crippen LogP contribution in [0.1, 0.15) is 0 Å². The van der Waals surface area contributed by atoms with Crippen LogP contribution in [-0.2, 0) is 0 Å². The number of aliphatic hydroxyl groups excluding tert-OH is 2. The zero-order valence-electron chi connectivity index (χ0n) is 7.96. The summed E-state index contributed by atoms with van der Waals surface area (Å²) in [6.45, 7) is -0.243. The van der Waals surface area contributed by atoms with Crippen molar-refractivity contribution in [3.63, 3.8) is 0 Å². The van der Waals surface area contributed by atoms with Gasteiger partial charge in [0.05, 0.1) is 12.7 Å². The fraction of sp³-hybridized carbons (Fsp3) is 0.300. The maximum Gasteiger partial charge on any atom is 0.256 e. The summed E-state index contributed by atoms with van der Waals surface area (Å²) in [5.74, 6) is 0.378. The van der Waals surface area contributed by atoms with Gasteiger partial charge in [-0.3, -0.25) is 0 Å². The zero-order chi connectivity index (χ0) is 10.7. The van der Waals surface area contributed by atoms with Crippen molar-refractivity contribution >= 4 is 22.9 Å². The molecule has 1 aromatic carbocycles. The van der Waals surface area contributed by atoms with Gasteiger partial charge < -0.3 is 14.6 Å². The van der Waals surface area contributed by atoms with Crippen LogP contribution in [0.5, 0.6) is 0 Å². The van der Waals surface area contributed by atoms with Crippen LogP contribution in [0, 0.1) is 0 Å². The Morgan fingerprint density at radius 2 is 2.20 bits per heavy atom. The Labute approximate surface area is 90.9 Å². The van der Waals surface area contributed by atoms with E-state index in [1.165, 1.54) is 11.8 Å². The molecular formula is C10H11NO3S. The van der Waals surface area contributed by atoms with Crippen molar-refractivity contribution in [2.75, 3.05) is 12.4 Å². The van der Waals surface area contributed by atoms with E-state index in [-0.39, 0.29) is 6.61 Å². The number of aliphatic hydroxyl groups is 2. The maximum atomic E-state index is 9.15. The Balaban J connectivity index is 2.09. The van der Waals surface area contributed by atoms with E-state index >= 15 is 0 Å². The largest absolute Gasteiger partial charge is 0.431 e. The van der Waals surface area contributed by atoms with Crippen molar-refractivity contribution in [1.29, 1.82) is 0 Å². The number of thioether (sulfide) groups is 1. The van der Waals surface area contributed by atoms with Crippen LogP contribution in [0.3, 0.4) is 0 Å². The molecule has 0 aliphatic rings. The molecule has 0 fully saturated rings. The molecular weight excluding hydrogens is 214 g/mol. The molecule has 5 heteroatoms. The Bertz CT molecular complexity index is 410. The number of benzene rings is 1. The molecule has 0 saturated carbocycles. The predicted octanol–water partition coefficient (Wildman–Crippen LogP) is 1.27. The first-order valence-corrected chi connectivity index (χ1v) is 5.55. The molecule has 0 aliphatic carbocycles. The average molecular weight is 225 g/mol. The van der Waals surface area contributed by atoms with E-state index in [1.54, 1.807) is 0 Å². The molecule has 0 saturated heterocycles. The molecule has 0 amide bonds. The van der Waals surface area contributed by atoms with Crippen LogP contribution in [0.2, 0.25) is 0 Å². The van der Waals surface area contributed by atoms with Gasteiger partial charge in [0.1, 0.15) is 5.52 Å². The van der Waals surface area contributed by atoms with Crippen molar-refractivity contribution in [1.82, 2.24) is 4.98 Å². The van der Waals surface area contributed by atoms with Crippen molar-refractivity contribution in [3.8, 4) is 0 Å². The van der Waals surface area contributed by atoms with Crippen molar-refractivity contribution < 1.29 is 14.6 Å². The van der Waals surface area contributed by atoms with Crippen LogP contribution in [0.15, 0.2) is 33.9 Å². The highest BCUT2D eigenvalue weighted by molar-refractivity contribution is 7.99. The Morgan fingerprint density at radius 1 is 1.40 bits per heavy atom. The lowest BCUT2D eigenvalue weighted by Crippen LogP contribution is -2.14. The first-order chi connectivity index (χ1) is 7.29. The molecule has 0 radical (unpaired) electrons. The second-order valence-corrected chi connectivity index (χ2v) is 4.07. The third-order valence-corrected chi connectivity index (χ3v) is 2.86. The lowest BCUT2D eigenvalue weighted by atomic mass is 10.3. The standard InChI is InChI=1S/C10H11NO3S/c12-5-7(13)6-15-10-11-8-3-1-2-4-9(8)14-10/h1-4,7,12-13H,5-6H2. The number of para-hydroxylation sites is 2.